The third-order valence-corrected chi connectivity index (χ3v) is 7.74. The minimum absolute atomic E-state index is 0.0285. The SMILES string of the molecule is CSc1ccc(C(=O)C2CN(C(=O)Oc3ccccc3)CC2Cc2ccc(OC(C)(C)C(C)=O)cc2)cc1. The van der Waals surface area contributed by atoms with E-state index in [4.69, 9.17) is 9.47 Å². The summed E-state index contributed by atoms with van der Waals surface area (Å²) in [5.41, 5.74) is 0.763. The maximum absolute atomic E-state index is 13.6. The number of para-hydroxylation sites is 1. The van der Waals surface area contributed by atoms with Gasteiger partial charge in [-0.2, -0.15) is 0 Å². The predicted molar refractivity (Wildman–Crippen MR) is 149 cm³/mol. The molecule has 1 amide bonds. The number of thioether (sulfide) groups is 1. The maximum Gasteiger partial charge on any atom is 0.415 e. The molecule has 4 rings (SSSR count). The van der Waals surface area contributed by atoms with Gasteiger partial charge in [0.25, 0.3) is 0 Å². The normalized spacial score (nSPS) is 17.2. The van der Waals surface area contributed by atoms with Gasteiger partial charge in [-0.05, 0) is 81.3 Å². The molecule has 6 nitrogen and oxygen atoms in total. The van der Waals surface area contributed by atoms with Gasteiger partial charge in [0.05, 0.1) is 0 Å². The zero-order chi connectivity index (χ0) is 27.3. The Morgan fingerprint density at radius 3 is 2.16 bits per heavy atom. The van der Waals surface area contributed by atoms with Crippen molar-refractivity contribution in [3.63, 3.8) is 0 Å². The Hall–Kier alpha value is -3.58. The molecule has 198 valence electrons. The number of benzene rings is 3. The lowest BCUT2D eigenvalue weighted by Crippen LogP contribution is -2.36. The molecule has 3 aromatic rings. The summed E-state index contributed by atoms with van der Waals surface area (Å²) in [4.78, 5) is 41.1. The fourth-order valence-electron chi connectivity index (χ4n) is 4.51. The minimum Gasteiger partial charge on any atom is -0.480 e. The van der Waals surface area contributed by atoms with Crippen LogP contribution in [0.25, 0.3) is 0 Å². The zero-order valence-corrected chi connectivity index (χ0v) is 23.0. The van der Waals surface area contributed by atoms with Crippen LogP contribution in [0.1, 0.15) is 36.7 Å². The van der Waals surface area contributed by atoms with Crippen molar-refractivity contribution in [2.24, 2.45) is 11.8 Å². The van der Waals surface area contributed by atoms with Crippen molar-refractivity contribution in [2.45, 2.75) is 37.7 Å². The maximum atomic E-state index is 13.6. The Morgan fingerprint density at radius 2 is 1.55 bits per heavy atom. The van der Waals surface area contributed by atoms with Crippen molar-refractivity contribution < 1.29 is 23.9 Å². The van der Waals surface area contributed by atoms with E-state index in [0.717, 1.165) is 10.5 Å². The average Bonchev–Trinajstić information content (AvgIpc) is 3.33. The minimum atomic E-state index is -0.907. The predicted octanol–water partition coefficient (Wildman–Crippen LogP) is 6.33. The molecule has 0 saturated carbocycles. The van der Waals surface area contributed by atoms with Crippen molar-refractivity contribution in [1.82, 2.24) is 4.90 Å². The van der Waals surface area contributed by atoms with E-state index in [1.807, 2.05) is 73.0 Å². The summed E-state index contributed by atoms with van der Waals surface area (Å²) in [5, 5.41) is 0. The molecule has 2 unspecified atom stereocenters. The molecule has 7 heteroatoms. The van der Waals surface area contributed by atoms with Gasteiger partial charge in [0.1, 0.15) is 11.5 Å². The van der Waals surface area contributed by atoms with Crippen LogP contribution in [0, 0.1) is 11.8 Å². The van der Waals surface area contributed by atoms with Crippen LogP contribution in [-0.2, 0) is 11.2 Å². The van der Waals surface area contributed by atoms with Crippen LogP contribution in [0.4, 0.5) is 4.79 Å². The monoisotopic (exact) mass is 531 g/mol. The summed E-state index contributed by atoms with van der Waals surface area (Å²) in [6.07, 6.45) is 2.16. The Kier molecular flexibility index (Phi) is 8.57. The topological polar surface area (TPSA) is 72.9 Å². The Bertz CT molecular complexity index is 1270. The summed E-state index contributed by atoms with van der Waals surface area (Å²) in [6, 6.07) is 24.1. The first kappa shape index (κ1) is 27.5. The second-order valence-corrected chi connectivity index (χ2v) is 10.9. The fraction of sp³-hybridized carbons (Fsp3) is 0.323. The molecule has 38 heavy (non-hydrogen) atoms. The van der Waals surface area contributed by atoms with E-state index >= 15 is 0 Å². The third-order valence-electron chi connectivity index (χ3n) is 7.00. The molecule has 1 saturated heterocycles. The molecule has 1 heterocycles. The van der Waals surface area contributed by atoms with E-state index < -0.39 is 11.7 Å². The van der Waals surface area contributed by atoms with Gasteiger partial charge in [-0.1, -0.05) is 42.5 Å². The average molecular weight is 532 g/mol. The molecule has 0 aliphatic carbocycles. The van der Waals surface area contributed by atoms with Gasteiger partial charge >= 0.3 is 6.09 Å². The molecular formula is C31H33NO5S. The molecule has 0 bridgehead atoms. The quantitative estimate of drug-likeness (QED) is 0.237. The van der Waals surface area contributed by atoms with E-state index in [0.29, 0.717) is 36.6 Å². The molecule has 0 aromatic heterocycles. The molecule has 1 fully saturated rings. The van der Waals surface area contributed by atoms with E-state index in [2.05, 4.69) is 0 Å². The third kappa shape index (κ3) is 6.64. The van der Waals surface area contributed by atoms with Crippen LogP contribution >= 0.6 is 11.8 Å². The van der Waals surface area contributed by atoms with Gasteiger partial charge in [0.2, 0.25) is 0 Å². The number of hydrogen-bond acceptors (Lipinski definition) is 6. The summed E-state index contributed by atoms with van der Waals surface area (Å²) < 4.78 is 11.4. The van der Waals surface area contributed by atoms with Crippen LogP contribution < -0.4 is 9.47 Å². The van der Waals surface area contributed by atoms with Crippen LogP contribution in [0.3, 0.4) is 0 Å². The summed E-state index contributed by atoms with van der Waals surface area (Å²) in [6.45, 7) is 5.71. The van der Waals surface area contributed by atoms with Gasteiger partial charge in [0, 0.05) is 29.5 Å². The van der Waals surface area contributed by atoms with Gasteiger partial charge < -0.3 is 14.4 Å². The molecule has 0 N–H and O–H groups in total. The Balaban J connectivity index is 1.52. The lowest BCUT2D eigenvalue weighted by molar-refractivity contribution is -0.129. The highest BCUT2D eigenvalue weighted by atomic mass is 32.2. The number of carbonyl (C=O) groups is 3. The highest BCUT2D eigenvalue weighted by molar-refractivity contribution is 7.98. The highest BCUT2D eigenvalue weighted by Gasteiger charge is 2.40. The lowest BCUT2D eigenvalue weighted by Gasteiger charge is -2.23. The number of hydrogen-bond donors (Lipinski definition) is 0. The summed E-state index contributed by atoms with van der Waals surface area (Å²) >= 11 is 1.63. The number of ether oxygens (including phenoxy) is 2. The largest absolute Gasteiger partial charge is 0.480 e. The number of likely N-dealkylation sites (tertiary alicyclic amines) is 1. The standard InChI is InChI=1S/C31H33NO5S/c1-21(33)31(2,3)37-26-14-10-22(11-15-26)18-24-19-32(30(35)36-25-8-6-5-7-9-25)20-28(24)29(34)23-12-16-27(38-4)17-13-23/h5-17,24,28H,18-20H2,1-4H3. The molecule has 3 aromatic carbocycles. The smallest absolute Gasteiger partial charge is 0.415 e. The van der Waals surface area contributed by atoms with Crippen LogP contribution in [0.15, 0.2) is 83.8 Å². The van der Waals surface area contributed by atoms with Crippen LogP contribution in [-0.4, -0.2) is 47.5 Å². The number of amides is 1. The fourth-order valence-corrected chi connectivity index (χ4v) is 4.92. The van der Waals surface area contributed by atoms with Crippen molar-refractivity contribution in [3.05, 3.63) is 90.0 Å². The van der Waals surface area contributed by atoms with Crippen LogP contribution in [0.2, 0.25) is 0 Å². The number of rotatable bonds is 9. The zero-order valence-electron chi connectivity index (χ0n) is 22.2. The number of carbonyl (C=O) groups excluding carboxylic acids is 3. The highest BCUT2D eigenvalue weighted by Crippen LogP contribution is 2.32. The number of Topliss-reactive ketones (excluding diaryl/α,β-unsaturated/α-hetero) is 2. The Labute approximate surface area is 228 Å². The van der Waals surface area contributed by atoms with Gasteiger partial charge in [-0.15, -0.1) is 11.8 Å². The molecule has 2 atom stereocenters. The molecule has 0 spiro atoms. The lowest BCUT2D eigenvalue weighted by atomic mass is 9.84. The summed E-state index contributed by atoms with van der Waals surface area (Å²) in [5.74, 6) is 0.621. The first-order chi connectivity index (χ1) is 18.2. The first-order valence-electron chi connectivity index (χ1n) is 12.7. The van der Waals surface area contributed by atoms with Gasteiger partial charge in [0.15, 0.2) is 17.2 Å². The second-order valence-electron chi connectivity index (χ2n) is 10.1. The van der Waals surface area contributed by atoms with E-state index in [1.54, 1.807) is 42.6 Å². The number of nitrogens with zero attached hydrogens (tertiary/aromatic N) is 1. The molecular weight excluding hydrogens is 498 g/mol. The second kappa shape index (κ2) is 11.9. The first-order valence-corrected chi connectivity index (χ1v) is 13.9. The number of ketones is 2. The van der Waals surface area contributed by atoms with Crippen LogP contribution in [0.5, 0.6) is 11.5 Å². The van der Waals surface area contributed by atoms with Crippen molar-refractivity contribution >= 4 is 29.4 Å². The summed E-state index contributed by atoms with van der Waals surface area (Å²) in [7, 11) is 0. The molecule has 1 aliphatic rings. The van der Waals surface area contributed by atoms with E-state index in [9.17, 15) is 14.4 Å². The van der Waals surface area contributed by atoms with Crippen molar-refractivity contribution in [1.29, 1.82) is 0 Å². The molecule has 1 aliphatic heterocycles. The van der Waals surface area contributed by atoms with Gasteiger partial charge in [-0.3, -0.25) is 9.59 Å². The van der Waals surface area contributed by atoms with Crippen molar-refractivity contribution in [2.75, 3.05) is 19.3 Å². The van der Waals surface area contributed by atoms with Crippen molar-refractivity contribution in [3.8, 4) is 11.5 Å². The Morgan fingerprint density at radius 1 is 0.895 bits per heavy atom. The van der Waals surface area contributed by atoms with Gasteiger partial charge in [-0.25, -0.2) is 4.79 Å². The van der Waals surface area contributed by atoms with E-state index in [-0.39, 0.29) is 23.4 Å². The molecule has 0 radical (unpaired) electrons. The van der Waals surface area contributed by atoms with E-state index in [1.165, 1.54) is 6.92 Å².